The van der Waals surface area contributed by atoms with Crippen molar-refractivity contribution in [3.63, 3.8) is 0 Å². The molecule has 2 atom stereocenters. The summed E-state index contributed by atoms with van der Waals surface area (Å²) in [6.45, 7) is 2.76. The molecule has 0 saturated carbocycles. The standard InChI is InChI=1S/C27H26F4N4O/c28-22-4-1-19(2-5-22)16-34-11-12-35-24-6-3-21(27(29,30)31)13-20(24)14-23(25(35)17-34)26(36)33-15-18-7-9-32-10-8-18/h1-10,13,23,25H,11-12,14-17H2,(H,33,36)/t23-,25+/m1/s1. The molecule has 3 heterocycles. The molecule has 0 spiro atoms. The molecule has 0 radical (unpaired) electrons. The van der Waals surface area contributed by atoms with Gasteiger partial charge in [-0.25, -0.2) is 4.39 Å². The molecule has 2 aliphatic rings. The first-order chi connectivity index (χ1) is 17.3. The summed E-state index contributed by atoms with van der Waals surface area (Å²) in [6, 6.07) is 13.6. The van der Waals surface area contributed by atoms with Gasteiger partial charge in [0, 0.05) is 50.8 Å². The Morgan fingerprint density at radius 1 is 1.00 bits per heavy atom. The van der Waals surface area contributed by atoms with Gasteiger partial charge in [0.2, 0.25) is 5.91 Å². The molecule has 3 aromatic rings. The van der Waals surface area contributed by atoms with Crippen LogP contribution in [0.15, 0.2) is 67.0 Å². The third-order valence-electron chi connectivity index (χ3n) is 7.00. The molecule has 2 aromatic carbocycles. The van der Waals surface area contributed by atoms with Gasteiger partial charge in [-0.15, -0.1) is 0 Å². The molecule has 5 rings (SSSR count). The molecule has 1 amide bonds. The molecule has 1 saturated heterocycles. The number of anilines is 1. The van der Waals surface area contributed by atoms with E-state index in [0.29, 0.717) is 38.3 Å². The Hall–Kier alpha value is -3.46. The Balaban J connectivity index is 1.40. The lowest BCUT2D eigenvalue weighted by Gasteiger charge is -2.49. The first-order valence-electron chi connectivity index (χ1n) is 11.9. The predicted octanol–water partition coefficient (Wildman–Crippen LogP) is 4.42. The number of halogens is 4. The van der Waals surface area contributed by atoms with Crippen LogP contribution in [0.5, 0.6) is 0 Å². The number of pyridine rings is 1. The van der Waals surface area contributed by atoms with Crippen LogP contribution in [0.3, 0.4) is 0 Å². The van der Waals surface area contributed by atoms with Gasteiger partial charge in [0.1, 0.15) is 5.82 Å². The van der Waals surface area contributed by atoms with Gasteiger partial charge in [0.05, 0.1) is 17.5 Å². The number of alkyl halides is 3. The Morgan fingerprint density at radius 2 is 1.75 bits per heavy atom. The van der Waals surface area contributed by atoms with Gasteiger partial charge < -0.3 is 10.2 Å². The van der Waals surface area contributed by atoms with Crippen molar-refractivity contribution in [2.45, 2.75) is 31.7 Å². The van der Waals surface area contributed by atoms with Crippen LogP contribution in [0.4, 0.5) is 23.2 Å². The van der Waals surface area contributed by atoms with Gasteiger partial charge in [-0.3, -0.25) is 14.7 Å². The fourth-order valence-corrected chi connectivity index (χ4v) is 5.17. The highest BCUT2D eigenvalue weighted by Gasteiger charge is 2.42. The monoisotopic (exact) mass is 498 g/mol. The van der Waals surface area contributed by atoms with E-state index in [0.717, 1.165) is 22.9 Å². The lowest BCUT2D eigenvalue weighted by molar-refractivity contribution is -0.137. The maximum atomic E-state index is 13.4. The number of carbonyl (C=O) groups excluding carboxylic acids is 1. The maximum absolute atomic E-state index is 13.4. The number of hydrogen-bond acceptors (Lipinski definition) is 4. The van der Waals surface area contributed by atoms with Crippen molar-refractivity contribution in [2.24, 2.45) is 5.92 Å². The lowest BCUT2D eigenvalue weighted by Crippen LogP contribution is -2.60. The quantitative estimate of drug-likeness (QED) is 0.530. The minimum atomic E-state index is -4.45. The van der Waals surface area contributed by atoms with E-state index in [1.54, 1.807) is 24.5 Å². The number of piperazine rings is 1. The van der Waals surface area contributed by atoms with Gasteiger partial charge in [0.25, 0.3) is 0 Å². The van der Waals surface area contributed by atoms with Crippen molar-refractivity contribution in [3.8, 4) is 0 Å². The summed E-state index contributed by atoms with van der Waals surface area (Å²) in [4.78, 5) is 21.7. The van der Waals surface area contributed by atoms with Crippen LogP contribution in [0.1, 0.15) is 22.3 Å². The molecule has 5 nitrogen and oxygen atoms in total. The third-order valence-corrected chi connectivity index (χ3v) is 7.00. The van der Waals surface area contributed by atoms with Crippen LogP contribution in [0, 0.1) is 11.7 Å². The molecule has 188 valence electrons. The molecule has 1 fully saturated rings. The number of benzene rings is 2. The number of rotatable bonds is 5. The Morgan fingerprint density at radius 3 is 2.47 bits per heavy atom. The number of fused-ring (bicyclic) bond motifs is 3. The van der Waals surface area contributed by atoms with E-state index in [1.165, 1.54) is 24.3 Å². The molecule has 36 heavy (non-hydrogen) atoms. The second-order valence-electron chi connectivity index (χ2n) is 9.35. The van der Waals surface area contributed by atoms with E-state index in [1.807, 2.05) is 12.1 Å². The first kappa shape index (κ1) is 24.2. The van der Waals surface area contributed by atoms with Crippen LogP contribution < -0.4 is 10.2 Å². The van der Waals surface area contributed by atoms with Gasteiger partial charge >= 0.3 is 6.18 Å². The largest absolute Gasteiger partial charge is 0.416 e. The average molecular weight is 499 g/mol. The summed E-state index contributed by atoms with van der Waals surface area (Å²) >= 11 is 0. The number of carbonyl (C=O) groups is 1. The number of nitrogens with one attached hydrogen (secondary N) is 1. The first-order valence-corrected chi connectivity index (χ1v) is 11.9. The van der Waals surface area contributed by atoms with Crippen molar-refractivity contribution in [1.82, 2.24) is 15.2 Å². The van der Waals surface area contributed by atoms with Crippen molar-refractivity contribution in [2.75, 3.05) is 24.5 Å². The minimum Gasteiger partial charge on any atom is -0.365 e. The van der Waals surface area contributed by atoms with Crippen LogP contribution >= 0.6 is 0 Å². The van der Waals surface area contributed by atoms with Crippen molar-refractivity contribution >= 4 is 11.6 Å². The van der Waals surface area contributed by atoms with E-state index in [-0.39, 0.29) is 24.2 Å². The molecular weight excluding hydrogens is 472 g/mol. The van der Waals surface area contributed by atoms with Crippen molar-refractivity contribution in [3.05, 3.63) is 95.1 Å². The van der Waals surface area contributed by atoms with Gasteiger partial charge in [-0.1, -0.05) is 12.1 Å². The van der Waals surface area contributed by atoms with Crippen LogP contribution in [0.2, 0.25) is 0 Å². The second-order valence-corrected chi connectivity index (χ2v) is 9.35. The third kappa shape index (κ3) is 5.21. The lowest BCUT2D eigenvalue weighted by atomic mass is 9.82. The van der Waals surface area contributed by atoms with Gasteiger partial charge in [-0.2, -0.15) is 13.2 Å². The fraction of sp³-hybridized carbons (Fsp3) is 0.333. The van der Waals surface area contributed by atoms with Crippen molar-refractivity contribution < 1.29 is 22.4 Å². The molecule has 0 unspecified atom stereocenters. The van der Waals surface area contributed by atoms with Gasteiger partial charge in [0.15, 0.2) is 0 Å². The molecule has 0 aliphatic carbocycles. The topological polar surface area (TPSA) is 48.5 Å². The molecular formula is C27H26F4N4O. The average Bonchev–Trinajstić information content (AvgIpc) is 2.88. The Labute approximate surface area is 206 Å². The van der Waals surface area contributed by atoms with E-state index < -0.39 is 17.7 Å². The summed E-state index contributed by atoms with van der Waals surface area (Å²) in [5.74, 6) is -0.996. The second kappa shape index (κ2) is 9.89. The number of nitrogens with zero attached hydrogens (tertiary/aromatic N) is 3. The van der Waals surface area contributed by atoms with Crippen molar-refractivity contribution in [1.29, 1.82) is 0 Å². The number of hydrogen-bond donors (Lipinski definition) is 1. The van der Waals surface area contributed by atoms with Crippen LogP contribution in [-0.2, 0) is 30.5 Å². The molecule has 2 aliphatic heterocycles. The molecule has 1 N–H and O–H groups in total. The zero-order chi connectivity index (χ0) is 25.3. The fourth-order valence-electron chi connectivity index (χ4n) is 5.17. The summed E-state index contributed by atoms with van der Waals surface area (Å²) in [5, 5.41) is 2.97. The number of aromatic nitrogens is 1. The maximum Gasteiger partial charge on any atom is 0.416 e. The molecule has 1 aromatic heterocycles. The predicted molar refractivity (Wildman–Crippen MR) is 128 cm³/mol. The highest BCUT2D eigenvalue weighted by Crippen LogP contribution is 2.40. The zero-order valence-corrected chi connectivity index (χ0v) is 19.5. The van der Waals surface area contributed by atoms with Crippen LogP contribution in [-0.4, -0.2) is 41.5 Å². The summed E-state index contributed by atoms with van der Waals surface area (Å²) in [6.07, 6.45) is -0.924. The normalized spacial score (nSPS) is 19.9. The summed E-state index contributed by atoms with van der Waals surface area (Å²) in [7, 11) is 0. The minimum absolute atomic E-state index is 0.187. The zero-order valence-electron chi connectivity index (χ0n) is 19.5. The van der Waals surface area contributed by atoms with E-state index >= 15 is 0 Å². The Kier molecular flexibility index (Phi) is 6.66. The van der Waals surface area contributed by atoms with E-state index in [4.69, 9.17) is 0 Å². The van der Waals surface area contributed by atoms with E-state index in [9.17, 15) is 22.4 Å². The van der Waals surface area contributed by atoms with E-state index in [2.05, 4.69) is 20.1 Å². The number of amides is 1. The summed E-state index contributed by atoms with van der Waals surface area (Å²) in [5.41, 5.74) is 2.46. The van der Waals surface area contributed by atoms with Gasteiger partial charge in [-0.05, 0) is 65.6 Å². The highest BCUT2D eigenvalue weighted by molar-refractivity contribution is 5.82. The highest BCUT2D eigenvalue weighted by atomic mass is 19.4. The molecule has 9 heteroatoms. The van der Waals surface area contributed by atoms with Crippen LogP contribution in [0.25, 0.3) is 0 Å². The Bertz CT molecular complexity index is 1220. The molecule has 0 bridgehead atoms. The SMILES string of the molecule is O=C(NCc1ccncc1)[C@@H]1Cc2cc(C(F)(F)F)ccc2N2CCN(Cc3ccc(F)cc3)C[C@@H]12. The smallest absolute Gasteiger partial charge is 0.365 e. The summed E-state index contributed by atoms with van der Waals surface area (Å²) < 4.78 is 53.6.